The summed E-state index contributed by atoms with van der Waals surface area (Å²) in [4.78, 5) is 24.3. The number of nitrogens with zero attached hydrogens (tertiary/aromatic N) is 3. The largest absolute Gasteiger partial charge is 0.355 e. The van der Waals surface area contributed by atoms with Crippen molar-refractivity contribution in [1.82, 2.24) is 20.3 Å². The molecule has 3 aromatic rings. The van der Waals surface area contributed by atoms with Crippen LogP contribution in [0.2, 0.25) is 0 Å². The lowest BCUT2D eigenvalue weighted by atomic mass is 10.1. The lowest BCUT2D eigenvalue weighted by molar-refractivity contribution is 0.0958. The molecule has 2 amide bonds. The van der Waals surface area contributed by atoms with Gasteiger partial charge in [0.25, 0.3) is 11.8 Å². The summed E-state index contributed by atoms with van der Waals surface area (Å²) in [5.41, 5.74) is 1.39. The molecule has 8 nitrogen and oxygen atoms in total. The Bertz CT molecular complexity index is 898. The fraction of sp³-hybridized carbons (Fsp3) is 0.176. The quantitative estimate of drug-likeness (QED) is 0.742. The van der Waals surface area contributed by atoms with Gasteiger partial charge in [0.15, 0.2) is 17.1 Å². The fourth-order valence-corrected chi connectivity index (χ4v) is 2.27. The Kier molecular flexibility index (Phi) is 4.60. The molecule has 1 aromatic carbocycles. The lowest BCUT2D eigenvalue weighted by Gasteiger charge is -2.01. The molecule has 0 saturated carbocycles. The van der Waals surface area contributed by atoms with Crippen molar-refractivity contribution in [3.05, 3.63) is 54.0 Å². The second kappa shape index (κ2) is 7.00. The van der Waals surface area contributed by atoms with Gasteiger partial charge in [0.1, 0.15) is 0 Å². The van der Waals surface area contributed by atoms with Crippen LogP contribution in [-0.4, -0.2) is 33.8 Å². The second-order valence-corrected chi connectivity index (χ2v) is 5.22. The van der Waals surface area contributed by atoms with Crippen LogP contribution in [0.25, 0.3) is 11.3 Å². The van der Waals surface area contributed by atoms with E-state index in [9.17, 15) is 9.59 Å². The van der Waals surface area contributed by atoms with Crippen LogP contribution in [0.15, 0.2) is 47.1 Å². The number of carbonyl (C=O) groups excluding carboxylic acids is 2. The zero-order valence-corrected chi connectivity index (χ0v) is 13.8. The molecule has 0 aliphatic rings. The van der Waals surface area contributed by atoms with Crippen molar-refractivity contribution in [2.24, 2.45) is 0 Å². The van der Waals surface area contributed by atoms with Crippen molar-refractivity contribution in [3.63, 3.8) is 0 Å². The number of aromatic nitrogens is 3. The number of amides is 2. The molecule has 0 aliphatic heterocycles. The van der Waals surface area contributed by atoms with E-state index in [1.807, 2.05) is 37.3 Å². The first-order valence-corrected chi connectivity index (χ1v) is 7.75. The number of rotatable bonds is 5. The summed E-state index contributed by atoms with van der Waals surface area (Å²) in [5.74, 6) is -0.374. The second-order valence-electron chi connectivity index (χ2n) is 5.22. The van der Waals surface area contributed by atoms with Gasteiger partial charge < -0.3 is 15.2 Å². The fourth-order valence-electron chi connectivity index (χ4n) is 2.27. The maximum Gasteiger partial charge on any atom is 0.277 e. The summed E-state index contributed by atoms with van der Waals surface area (Å²) >= 11 is 0. The van der Waals surface area contributed by atoms with Crippen molar-refractivity contribution in [1.29, 1.82) is 0 Å². The highest BCUT2D eigenvalue weighted by Gasteiger charge is 2.20. The molecule has 0 fully saturated rings. The van der Waals surface area contributed by atoms with Crippen LogP contribution in [-0.2, 0) is 6.54 Å². The number of aryl methyl sites for hydroxylation is 1. The first kappa shape index (κ1) is 16.4. The van der Waals surface area contributed by atoms with E-state index in [0.717, 1.165) is 5.56 Å². The predicted molar refractivity (Wildman–Crippen MR) is 91.2 cm³/mol. The van der Waals surface area contributed by atoms with Gasteiger partial charge in [0.2, 0.25) is 0 Å². The summed E-state index contributed by atoms with van der Waals surface area (Å²) in [6, 6.07) is 10.9. The van der Waals surface area contributed by atoms with Crippen molar-refractivity contribution in [2.75, 3.05) is 12.4 Å². The van der Waals surface area contributed by atoms with Gasteiger partial charge in [-0.3, -0.25) is 14.3 Å². The third-order valence-corrected chi connectivity index (χ3v) is 3.58. The van der Waals surface area contributed by atoms with Gasteiger partial charge in [-0.05, 0) is 6.92 Å². The number of benzene rings is 1. The molecule has 3 rings (SSSR count). The number of hydrogen-bond donors (Lipinski definition) is 2. The summed E-state index contributed by atoms with van der Waals surface area (Å²) in [7, 11) is 1.50. The maximum absolute atomic E-state index is 12.4. The van der Waals surface area contributed by atoms with Gasteiger partial charge in [-0.15, -0.1) is 0 Å². The van der Waals surface area contributed by atoms with Crippen LogP contribution in [0.3, 0.4) is 0 Å². The van der Waals surface area contributed by atoms with E-state index < -0.39 is 5.91 Å². The molecular formula is C17H17N5O3. The lowest BCUT2D eigenvalue weighted by Crippen LogP contribution is -2.21. The zero-order valence-electron chi connectivity index (χ0n) is 13.8. The summed E-state index contributed by atoms with van der Waals surface area (Å²) in [6.45, 7) is 2.46. The highest BCUT2D eigenvalue weighted by Crippen LogP contribution is 2.21. The summed E-state index contributed by atoms with van der Waals surface area (Å²) < 4.78 is 6.79. The van der Waals surface area contributed by atoms with Gasteiger partial charge in [0, 0.05) is 31.4 Å². The van der Waals surface area contributed by atoms with Crippen molar-refractivity contribution >= 4 is 17.5 Å². The molecule has 25 heavy (non-hydrogen) atoms. The smallest absolute Gasteiger partial charge is 0.277 e. The predicted octanol–water partition coefficient (Wildman–Crippen LogP) is 2.17. The average Bonchev–Trinajstić information content (AvgIpc) is 3.29. The molecule has 0 unspecified atom stereocenters. The van der Waals surface area contributed by atoms with Gasteiger partial charge in [-0.25, -0.2) is 0 Å². The molecular weight excluding hydrogens is 322 g/mol. The van der Waals surface area contributed by atoms with E-state index in [1.165, 1.54) is 7.05 Å². The van der Waals surface area contributed by atoms with Crippen LogP contribution in [0.1, 0.15) is 27.9 Å². The van der Waals surface area contributed by atoms with Crippen LogP contribution >= 0.6 is 0 Å². The average molecular weight is 339 g/mol. The van der Waals surface area contributed by atoms with Crippen molar-refractivity contribution in [2.45, 2.75) is 13.5 Å². The topological polar surface area (TPSA) is 102 Å². The van der Waals surface area contributed by atoms with Gasteiger partial charge >= 0.3 is 0 Å². The SMILES string of the molecule is CCn1cc(NC(=O)c2cc(-c3ccccc3)on2)c(C(=O)NC)n1. The molecule has 2 N–H and O–H groups in total. The summed E-state index contributed by atoms with van der Waals surface area (Å²) in [6.07, 6.45) is 1.60. The van der Waals surface area contributed by atoms with E-state index >= 15 is 0 Å². The Balaban J connectivity index is 1.82. The number of nitrogens with one attached hydrogen (secondary N) is 2. The minimum absolute atomic E-state index is 0.117. The van der Waals surface area contributed by atoms with E-state index in [0.29, 0.717) is 18.0 Å². The van der Waals surface area contributed by atoms with Gasteiger partial charge in [-0.1, -0.05) is 35.5 Å². The Labute approximate surface area is 143 Å². The highest BCUT2D eigenvalue weighted by molar-refractivity contribution is 6.07. The third kappa shape index (κ3) is 3.42. The van der Waals surface area contributed by atoms with Crippen molar-refractivity contribution < 1.29 is 14.1 Å². The zero-order chi connectivity index (χ0) is 17.8. The minimum atomic E-state index is -0.480. The Hall–Kier alpha value is -3.42. The monoisotopic (exact) mass is 339 g/mol. The molecule has 0 aliphatic carbocycles. The molecule has 0 spiro atoms. The standard InChI is InChI=1S/C17H17N5O3/c1-3-22-10-13(15(20-22)17(24)18-2)19-16(23)12-9-14(25-21-12)11-7-5-4-6-8-11/h4-10H,3H2,1-2H3,(H,18,24)(H,19,23). The maximum atomic E-state index is 12.4. The van der Waals surface area contributed by atoms with Crippen molar-refractivity contribution in [3.8, 4) is 11.3 Å². The normalized spacial score (nSPS) is 10.5. The van der Waals surface area contributed by atoms with Crippen LogP contribution in [0.4, 0.5) is 5.69 Å². The van der Waals surface area contributed by atoms with Crippen LogP contribution in [0.5, 0.6) is 0 Å². The Morgan fingerprint density at radius 2 is 1.96 bits per heavy atom. The molecule has 2 aromatic heterocycles. The molecule has 128 valence electrons. The Morgan fingerprint density at radius 1 is 1.20 bits per heavy atom. The number of hydrogen-bond acceptors (Lipinski definition) is 5. The minimum Gasteiger partial charge on any atom is -0.355 e. The van der Waals surface area contributed by atoms with Crippen LogP contribution in [0, 0.1) is 0 Å². The molecule has 0 atom stereocenters. The number of carbonyl (C=O) groups is 2. The first-order chi connectivity index (χ1) is 12.1. The molecule has 0 saturated heterocycles. The number of anilines is 1. The third-order valence-electron chi connectivity index (χ3n) is 3.58. The molecule has 0 radical (unpaired) electrons. The van der Waals surface area contributed by atoms with E-state index in [1.54, 1.807) is 16.9 Å². The molecule has 0 bridgehead atoms. The Morgan fingerprint density at radius 3 is 2.64 bits per heavy atom. The summed E-state index contributed by atoms with van der Waals surface area (Å²) in [5, 5.41) is 13.1. The van der Waals surface area contributed by atoms with Gasteiger partial charge in [-0.2, -0.15) is 5.10 Å². The first-order valence-electron chi connectivity index (χ1n) is 7.75. The van der Waals surface area contributed by atoms with E-state index in [-0.39, 0.29) is 17.3 Å². The van der Waals surface area contributed by atoms with E-state index in [4.69, 9.17) is 4.52 Å². The molecule has 2 heterocycles. The van der Waals surface area contributed by atoms with Gasteiger partial charge in [0.05, 0.1) is 5.69 Å². The van der Waals surface area contributed by atoms with E-state index in [2.05, 4.69) is 20.9 Å². The van der Waals surface area contributed by atoms with Crippen LogP contribution < -0.4 is 10.6 Å². The molecule has 8 heteroatoms. The highest BCUT2D eigenvalue weighted by atomic mass is 16.5.